The van der Waals surface area contributed by atoms with Crippen molar-refractivity contribution in [1.29, 1.82) is 0 Å². The first-order chi connectivity index (χ1) is 11.0. The highest BCUT2D eigenvalue weighted by atomic mass is 16.7. The lowest BCUT2D eigenvalue weighted by molar-refractivity contribution is -0.303. The van der Waals surface area contributed by atoms with Crippen molar-refractivity contribution in [3.8, 4) is 0 Å². The summed E-state index contributed by atoms with van der Waals surface area (Å²) in [5.41, 5.74) is -0.468. The van der Waals surface area contributed by atoms with Crippen molar-refractivity contribution in [2.75, 3.05) is 0 Å². The van der Waals surface area contributed by atoms with Crippen LogP contribution in [0.1, 0.15) is 60.3 Å². The normalized spacial score (nSPS) is 32.4. The molecule has 0 bridgehead atoms. The standard InChI is InChI=1S/C17H32O7/c1-10(8-6-7-9-12(18)24-17(3,4)5)22-16-15(21)14(20)13(19)11(2)23-16/h10-11,13-16,19-21H,6-9H2,1-5H3/t10?,11?,13-,14?,15+,16?/m1/s1. The molecule has 3 N–H and O–H groups in total. The summed E-state index contributed by atoms with van der Waals surface area (Å²) in [6.45, 7) is 8.96. The zero-order valence-electron chi connectivity index (χ0n) is 15.3. The summed E-state index contributed by atoms with van der Waals surface area (Å²) in [6.07, 6.45) is -3.03. The number of aliphatic hydroxyl groups is 3. The van der Waals surface area contributed by atoms with Crippen LogP contribution < -0.4 is 0 Å². The van der Waals surface area contributed by atoms with Crippen LogP contribution in [0.25, 0.3) is 0 Å². The Morgan fingerprint density at radius 2 is 1.75 bits per heavy atom. The smallest absolute Gasteiger partial charge is 0.306 e. The molecule has 1 fully saturated rings. The average Bonchev–Trinajstić information content (AvgIpc) is 2.45. The van der Waals surface area contributed by atoms with Gasteiger partial charge in [0.1, 0.15) is 23.9 Å². The van der Waals surface area contributed by atoms with E-state index in [0.717, 1.165) is 6.42 Å². The van der Waals surface area contributed by atoms with Crippen LogP contribution >= 0.6 is 0 Å². The maximum atomic E-state index is 11.6. The molecule has 7 heteroatoms. The molecule has 0 saturated carbocycles. The summed E-state index contributed by atoms with van der Waals surface area (Å²) >= 11 is 0. The molecular weight excluding hydrogens is 316 g/mol. The number of ether oxygens (including phenoxy) is 3. The molecule has 7 nitrogen and oxygen atoms in total. The summed E-state index contributed by atoms with van der Waals surface area (Å²) in [6, 6.07) is 0. The lowest BCUT2D eigenvalue weighted by Crippen LogP contribution is -2.57. The second-order valence-electron chi connectivity index (χ2n) is 7.46. The average molecular weight is 348 g/mol. The molecule has 1 aliphatic rings. The topological polar surface area (TPSA) is 105 Å². The molecule has 24 heavy (non-hydrogen) atoms. The molecule has 0 aromatic rings. The fourth-order valence-electron chi connectivity index (χ4n) is 2.52. The van der Waals surface area contributed by atoms with Gasteiger partial charge in [-0.15, -0.1) is 0 Å². The molecule has 1 saturated heterocycles. The largest absolute Gasteiger partial charge is 0.460 e. The molecule has 4 unspecified atom stereocenters. The number of hydrogen-bond donors (Lipinski definition) is 3. The highest BCUT2D eigenvalue weighted by molar-refractivity contribution is 5.69. The van der Waals surface area contributed by atoms with Gasteiger partial charge in [0, 0.05) is 6.42 Å². The van der Waals surface area contributed by atoms with Gasteiger partial charge in [-0.2, -0.15) is 0 Å². The quantitative estimate of drug-likeness (QED) is 0.468. The van der Waals surface area contributed by atoms with E-state index in [4.69, 9.17) is 14.2 Å². The third kappa shape index (κ3) is 7.03. The molecule has 0 spiro atoms. The minimum atomic E-state index is -1.29. The van der Waals surface area contributed by atoms with E-state index in [0.29, 0.717) is 19.3 Å². The Kier molecular flexibility index (Phi) is 8.08. The van der Waals surface area contributed by atoms with E-state index >= 15 is 0 Å². The van der Waals surface area contributed by atoms with E-state index < -0.39 is 36.3 Å². The van der Waals surface area contributed by atoms with E-state index in [9.17, 15) is 20.1 Å². The van der Waals surface area contributed by atoms with E-state index in [-0.39, 0.29) is 12.1 Å². The molecule has 1 aliphatic heterocycles. The molecule has 0 aromatic heterocycles. The van der Waals surface area contributed by atoms with Crippen molar-refractivity contribution in [3.05, 3.63) is 0 Å². The molecule has 1 rings (SSSR count). The van der Waals surface area contributed by atoms with Gasteiger partial charge in [-0.1, -0.05) is 6.42 Å². The summed E-state index contributed by atoms with van der Waals surface area (Å²) in [4.78, 5) is 11.6. The zero-order chi connectivity index (χ0) is 18.5. The fourth-order valence-corrected chi connectivity index (χ4v) is 2.52. The van der Waals surface area contributed by atoms with Crippen LogP contribution in [-0.4, -0.2) is 63.7 Å². The van der Waals surface area contributed by atoms with E-state index in [1.807, 2.05) is 27.7 Å². The summed E-state index contributed by atoms with van der Waals surface area (Å²) < 4.78 is 16.3. The number of hydrogen-bond acceptors (Lipinski definition) is 7. The first-order valence-corrected chi connectivity index (χ1v) is 8.58. The predicted molar refractivity (Wildman–Crippen MR) is 87.2 cm³/mol. The Hall–Kier alpha value is -0.730. The number of carbonyl (C=O) groups excluding carboxylic acids is 1. The molecule has 6 atom stereocenters. The molecule has 0 aliphatic carbocycles. The van der Waals surface area contributed by atoms with Gasteiger partial charge in [-0.25, -0.2) is 0 Å². The fraction of sp³-hybridized carbons (Fsp3) is 0.941. The van der Waals surface area contributed by atoms with Crippen LogP contribution in [0.3, 0.4) is 0 Å². The Balaban J connectivity index is 2.27. The van der Waals surface area contributed by atoms with Crippen molar-refractivity contribution < 1.29 is 34.3 Å². The van der Waals surface area contributed by atoms with Crippen molar-refractivity contribution in [2.24, 2.45) is 0 Å². The van der Waals surface area contributed by atoms with Gasteiger partial charge in [0.2, 0.25) is 0 Å². The second kappa shape index (κ2) is 9.10. The van der Waals surface area contributed by atoms with Crippen LogP contribution in [-0.2, 0) is 19.0 Å². The Labute approximate surface area is 143 Å². The molecule has 142 valence electrons. The first kappa shape index (κ1) is 21.3. The van der Waals surface area contributed by atoms with Crippen LogP contribution in [0.4, 0.5) is 0 Å². The third-order valence-electron chi connectivity index (χ3n) is 3.84. The van der Waals surface area contributed by atoms with E-state index in [1.165, 1.54) is 0 Å². The van der Waals surface area contributed by atoms with Gasteiger partial charge >= 0.3 is 5.97 Å². The van der Waals surface area contributed by atoms with Gasteiger partial charge in [0.15, 0.2) is 6.29 Å². The maximum Gasteiger partial charge on any atom is 0.306 e. The molecule has 1 heterocycles. The van der Waals surface area contributed by atoms with Gasteiger partial charge in [0.05, 0.1) is 12.2 Å². The monoisotopic (exact) mass is 348 g/mol. The summed E-state index contributed by atoms with van der Waals surface area (Å²) in [5.74, 6) is -0.215. The number of aliphatic hydroxyl groups excluding tert-OH is 3. The van der Waals surface area contributed by atoms with Gasteiger partial charge in [0.25, 0.3) is 0 Å². The Morgan fingerprint density at radius 3 is 2.33 bits per heavy atom. The zero-order valence-corrected chi connectivity index (χ0v) is 15.3. The number of carbonyl (C=O) groups is 1. The summed E-state index contributed by atoms with van der Waals surface area (Å²) in [5, 5.41) is 29.3. The predicted octanol–water partition coefficient (Wildman–Crippen LogP) is 1.12. The molecule has 0 amide bonds. The maximum absolute atomic E-state index is 11.6. The summed E-state index contributed by atoms with van der Waals surface area (Å²) in [7, 11) is 0. The SMILES string of the molecule is CC(CCCCC(=O)OC(C)(C)C)OC1OC(C)[C@@H](O)C(O)[C@@H]1O. The minimum absolute atomic E-state index is 0.210. The second-order valence-corrected chi connectivity index (χ2v) is 7.46. The minimum Gasteiger partial charge on any atom is -0.460 e. The van der Waals surface area contributed by atoms with Crippen LogP contribution in [0, 0.1) is 0 Å². The molecule has 0 radical (unpaired) electrons. The first-order valence-electron chi connectivity index (χ1n) is 8.58. The lowest BCUT2D eigenvalue weighted by Gasteiger charge is -2.39. The Bertz CT molecular complexity index is 393. The van der Waals surface area contributed by atoms with E-state index in [1.54, 1.807) is 6.92 Å². The molecular formula is C17H32O7. The number of unbranched alkanes of at least 4 members (excludes halogenated alkanes) is 1. The third-order valence-corrected chi connectivity index (χ3v) is 3.84. The Morgan fingerprint density at radius 1 is 1.12 bits per heavy atom. The van der Waals surface area contributed by atoms with Crippen molar-refractivity contribution in [2.45, 2.75) is 103 Å². The van der Waals surface area contributed by atoms with Gasteiger partial charge in [-0.05, 0) is 47.5 Å². The highest BCUT2D eigenvalue weighted by Crippen LogP contribution is 2.23. The lowest BCUT2D eigenvalue weighted by atomic mass is 10.00. The van der Waals surface area contributed by atoms with Gasteiger partial charge < -0.3 is 29.5 Å². The van der Waals surface area contributed by atoms with Crippen LogP contribution in [0.15, 0.2) is 0 Å². The van der Waals surface area contributed by atoms with Gasteiger partial charge in [-0.3, -0.25) is 4.79 Å². The highest BCUT2D eigenvalue weighted by Gasteiger charge is 2.42. The number of esters is 1. The van der Waals surface area contributed by atoms with Crippen molar-refractivity contribution >= 4 is 5.97 Å². The van der Waals surface area contributed by atoms with Crippen LogP contribution in [0.2, 0.25) is 0 Å². The van der Waals surface area contributed by atoms with Crippen molar-refractivity contribution in [1.82, 2.24) is 0 Å². The van der Waals surface area contributed by atoms with Crippen LogP contribution in [0.5, 0.6) is 0 Å². The van der Waals surface area contributed by atoms with E-state index in [2.05, 4.69) is 0 Å². The molecule has 0 aromatic carbocycles. The number of rotatable bonds is 7. The van der Waals surface area contributed by atoms with Crippen molar-refractivity contribution in [3.63, 3.8) is 0 Å².